The van der Waals surface area contributed by atoms with E-state index < -0.39 is 5.54 Å². The Morgan fingerprint density at radius 3 is 1.93 bits per heavy atom. The summed E-state index contributed by atoms with van der Waals surface area (Å²) in [5.74, 6) is 0.0316. The molecule has 2 aromatic heterocycles. The van der Waals surface area contributed by atoms with Crippen molar-refractivity contribution >= 4 is 23.2 Å². The van der Waals surface area contributed by atoms with Gasteiger partial charge < -0.3 is 4.57 Å². The molecule has 1 aliphatic carbocycles. The summed E-state index contributed by atoms with van der Waals surface area (Å²) < 4.78 is 2.22. The van der Waals surface area contributed by atoms with Crippen LogP contribution in [0.5, 0.6) is 0 Å². The molecule has 41 heavy (non-hydrogen) atoms. The molecule has 1 aliphatic rings. The lowest BCUT2D eigenvalue weighted by Gasteiger charge is -2.37. The summed E-state index contributed by atoms with van der Waals surface area (Å²) >= 11 is 1.56. The van der Waals surface area contributed by atoms with Gasteiger partial charge in [0.25, 0.3) is 0 Å². The third kappa shape index (κ3) is 4.35. The Morgan fingerprint density at radius 2 is 1.29 bits per heavy atom. The number of aryl methyl sites for hydroxylation is 1. The summed E-state index contributed by atoms with van der Waals surface area (Å²) in [6.45, 7) is 0. The molecule has 0 fully saturated rings. The lowest BCUT2D eigenvalue weighted by molar-refractivity contribution is 0.102. The van der Waals surface area contributed by atoms with Gasteiger partial charge in [0.15, 0.2) is 0 Å². The molecule has 0 saturated heterocycles. The van der Waals surface area contributed by atoms with E-state index in [1.165, 1.54) is 0 Å². The van der Waals surface area contributed by atoms with Gasteiger partial charge in [-0.2, -0.15) is 0 Å². The first-order chi connectivity index (χ1) is 20.2. The quantitative estimate of drug-likeness (QED) is 0.156. The number of hydrogen-bond donors (Lipinski definition) is 0. The number of benzene rings is 4. The Morgan fingerprint density at radius 1 is 0.707 bits per heavy atom. The largest absolute Gasteiger partial charge is 0.318 e. The zero-order chi connectivity index (χ0) is 27.6. The van der Waals surface area contributed by atoms with Gasteiger partial charge in [-0.05, 0) is 41.2 Å². The first-order valence-electron chi connectivity index (χ1n) is 13.7. The number of thiazole rings is 1. The van der Waals surface area contributed by atoms with Crippen LogP contribution in [-0.2, 0) is 12.0 Å². The fraction of sp³-hybridized carbons (Fsp3) is 0.0833. The summed E-state index contributed by atoms with van der Waals surface area (Å²) in [4.78, 5) is 23.6. The molecular formula is C36H27N3OS. The molecule has 5 heteroatoms. The number of carbonyl (C=O) groups excluding carboxylic acids is 1. The van der Waals surface area contributed by atoms with Crippen molar-refractivity contribution in [3.63, 3.8) is 0 Å². The van der Waals surface area contributed by atoms with Crippen molar-refractivity contribution in [3.8, 4) is 11.3 Å². The van der Waals surface area contributed by atoms with E-state index in [0.717, 1.165) is 56.8 Å². The van der Waals surface area contributed by atoms with Crippen LogP contribution in [0.1, 0.15) is 44.0 Å². The molecule has 4 nitrogen and oxygen atoms in total. The standard InChI is InChI=1S/C36H27N3OS/c40-35-27(20-21-33-34(35)38-25-41-33)22-26-12-10-11-19-31(26)32-23-39(24-37-32)36(28-13-4-1-5-14-28,29-15-6-2-7-16-29)30-17-8-3-9-18-30/h1-19,22-25H,20-21H2/b27-22+. The summed E-state index contributed by atoms with van der Waals surface area (Å²) in [7, 11) is 0. The average molecular weight is 550 g/mol. The van der Waals surface area contributed by atoms with E-state index in [9.17, 15) is 4.79 Å². The third-order valence-electron chi connectivity index (χ3n) is 7.88. The molecule has 0 aliphatic heterocycles. The molecule has 0 N–H and O–H groups in total. The Bertz CT molecular complexity index is 1760. The van der Waals surface area contributed by atoms with E-state index in [1.54, 1.807) is 16.8 Å². The van der Waals surface area contributed by atoms with Crippen molar-refractivity contribution in [1.29, 1.82) is 0 Å². The molecule has 4 aromatic carbocycles. The zero-order valence-corrected chi connectivity index (χ0v) is 23.2. The van der Waals surface area contributed by atoms with Crippen LogP contribution in [0.3, 0.4) is 0 Å². The minimum Gasteiger partial charge on any atom is -0.318 e. The first kappa shape index (κ1) is 25.1. The monoisotopic (exact) mass is 549 g/mol. The van der Waals surface area contributed by atoms with Gasteiger partial charge in [-0.25, -0.2) is 9.97 Å². The minimum absolute atomic E-state index is 0.0316. The number of rotatable bonds is 6. The highest BCUT2D eigenvalue weighted by Crippen LogP contribution is 2.41. The topological polar surface area (TPSA) is 47.8 Å². The molecule has 0 saturated carbocycles. The van der Waals surface area contributed by atoms with Crippen molar-refractivity contribution in [2.24, 2.45) is 0 Å². The van der Waals surface area contributed by atoms with Gasteiger partial charge in [-0.3, -0.25) is 4.79 Å². The molecule has 0 radical (unpaired) electrons. The Kier molecular flexibility index (Phi) is 6.50. The van der Waals surface area contributed by atoms with E-state index in [4.69, 9.17) is 4.98 Å². The van der Waals surface area contributed by atoms with Crippen molar-refractivity contribution in [1.82, 2.24) is 14.5 Å². The number of carbonyl (C=O) groups is 1. The second-order valence-electron chi connectivity index (χ2n) is 10.2. The zero-order valence-electron chi connectivity index (χ0n) is 22.4. The maximum Gasteiger partial charge on any atom is 0.208 e. The van der Waals surface area contributed by atoms with Crippen LogP contribution < -0.4 is 0 Å². The van der Waals surface area contributed by atoms with Crippen molar-refractivity contribution in [3.05, 3.63) is 172 Å². The first-order valence-corrected chi connectivity index (χ1v) is 14.6. The molecular weight excluding hydrogens is 522 g/mol. The fourth-order valence-corrected chi connectivity index (χ4v) is 6.72. The van der Waals surface area contributed by atoms with Crippen LogP contribution in [0.4, 0.5) is 0 Å². The van der Waals surface area contributed by atoms with E-state index in [0.29, 0.717) is 5.69 Å². The summed E-state index contributed by atoms with van der Waals surface area (Å²) in [6, 6.07) is 39.9. The Hall–Kier alpha value is -4.87. The van der Waals surface area contributed by atoms with E-state index in [1.807, 2.05) is 24.5 Å². The predicted octanol–water partition coefficient (Wildman–Crippen LogP) is 8.06. The maximum atomic E-state index is 13.2. The SMILES string of the molecule is O=C1/C(=C/c2ccccc2-c2cn(C(c3ccccc3)(c3ccccc3)c3ccccc3)cn2)CCc2scnc21. The fourth-order valence-electron chi connectivity index (χ4n) is 5.96. The van der Waals surface area contributed by atoms with Gasteiger partial charge in [0, 0.05) is 22.2 Å². The molecule has 6 aromatic rings. The number of nitrogens with zero attached hydrogens (tertiary/aromatic N) is 3. The molecule has 0 bridgehead atoms. The predicted molar refractivity (Wildman–Crippen MR) is 165 cm³/mol. The molecule has 2 heterocycles. The Balaban J connectivity index is 1.39. The van der Waals surface area contributed by atoms with E-state index in [2.05, 4.69) is 119 Å². The third-order valence-corrected chi connectivity index (χ3v) is 8.77. The average Bonchev–Trinajstić information content (AvgIpc) is 3.72. The number of hydrogen-bond acceptors (Lipinski definition) is 4. The van der Waals surface area contributed by atoms with Crippen LogP contribution in [-0.4, -0.2) is 20.3 Å². The number of Topliss-reactive ketones (excluding diaryl/α,β-unsaturated/α-hetero) is 1. The van der Waals surface area contributed by atoms with Gasteiger partial charge in [0.05, 0.1) is 17.5 Å². The van der Waals surface area contributed by atoms with E-state index in [-0.39, 0.29) is 5.78 Å². The van der Waals surface area contributed by atoms with Crippen molar-refractivity contribution in [2.75, 3.05) is 0 Å². The molecule has 7 rings (SSSR count). The van der Waals surface area contributed by atoms with Crippen LogP contribution in [0.2, 0.25) is 0 Å². The Labute approximate surface area is 243 Å². The number of ketones is 1. The number of allylic oxidation sites excluding steroid dienone is 1. The second kappa shape index (κ2) is 10.6. The van der Waals surface area contributed by atoms with Crippen LogP contribution in [0.15, 0.2) is 139 Å². The van der Waals surface area contributed by atoms with Gasteiger partial charge in [0.2, 0.25) is 5.78 Å². The van der Waals surface area contributed by atoms with Gasteiger partial charge in [-0.1, -0.05) is 115 Å². The smallest absolute Gasteiger partial charge is 0.208 e. The molecule has 198 valence electrons. The normalized spacial score (nSPS) is 14.2. The highest BCUT2D eigenvalue weighted by Gasteiger charge is 2.38. The summed E-state index contributed by atoms with van der Waals surface area (Å²) in [5, 5.41) is 0. The highest BCUT2D eigenvalue weighted by atomic mass is 32.1. The van der Waals surface area contributed by atoms with Gasteiger partial charge in [0.1, 0.15) is 11.2 Å². The molecule has 0 atom stereocenters. The molecule has 0 amide bonds. The van der Waals surface area contributed by atoms with Gasteiger partial charge in [-0.15, -0.1) is 11.3 Å². The van der Waals surface area contributed by atoms with E-state index >= 15 is 0 Å². The number of aromatic nitrogens is 3. The lowest BCUT2D eigenvalue weighted by atomic mass is 9.77. The minimum atomic E-state index is -0.636. The molecule has 0 unspecified atom stereocenters. The van der Waals surface area contributed by atoms with Crippen LogP contribution >= 0.6 is 11.3 Å². The summed E-state index contributed by atoms with van der Waals surface area (Å²) in [6.07, 6.45) is 7.65. The summed E-state index contributed by atoms with van der Waals surface area (Å²) in [5.41, 5.74) is 8.77. The van der Waals surface area contributed by atoms with Crippen molar-refractivity contribution in [2.45, 2.75) is 18.4 Å². The highest BCUT2D eigenvalue weighted by molar-refractivity contribution is 7.10. The van der Waals surface area contributed by atoms with Crippen LogP contribution in [0.25, 0.3) is 17.3 Å². The second-order valence-corrected chi connectivity index (χ2v) is 11.1. The van der Waals surface area contributed by atoms with Gasteiger partial charge >= 0.3 is 0 Å². The van der Waals surface area contributed by atoms with Crippen LogP contribution in [0, 0.1) is 0 Å². The number of imidazole rings is 1. The number of fused-ring (bicyclic) bond motifs is 1. The molecule has 0 spiro atoms. The lowest BCUT2D eigenvalue weighted by Crippen LogP contribution is -2.36. The maximum absolute atomic E-state index is 13.2. The van der Waals surface area contributed by atoms with Crippen molar-refractivity contribution < 1.29 is 4.79 Å².